The summed E-state index contributed by atoms with van der Waals surface area (Å²) in [6, 6.07) is 17.0. The highest BCUT2D eigenvalue weighted by atomic mass is 35.5. The first kappa shape index (κ1) is 18.4. The van der Waals surface area contributed by atoms with Gasteiger partial charge in [-0.2, -0.15) is 0 Å². The number of sulfonamides is 1. The maximum Gasteiger partial charge on any atom is 0.264 e. The summed E-state index contributed by atoms with van der Waals surface area (Å²) in [7, 11) is -4.10. The van der Waals surface area contributed by atoms with Gasteiger partial charge in [-0.25, -0.2) is 12.8 Å². The van der Waals surface area contributed by atoms with Crippen LogP contribution in [-0.4, -0.2) is 13.5 Å². The van der Waals surface area contributed by atoms with Crippen molar-refractivity contribution in [2.45, 2.75) is 11.5 Å². The molecule has 0 aliphatic carbocycles. The number of aliphatic hydroxyl groups is 1. The Labute approximate surface area is 155 Å². The molecule has 0 saturated heterocycles. The molecule has 134 valence electrons. The molecule has 26 heavy (non-hydrogen) atoms. The molecule has 3 rings (SSSR count). The topological polar surface area (TPSA) is 66.4 Å². The van der Waals surface area contributed by atoms with Crippen molar-refractivity contribution < 1.29 is 17.9 Å². The summed E-state index contributed by atoms with van der Waals surface area (Å²) < 4.78 is 41.8. The Bertz CT molecular complexity index is 1040. The van der Waals surface area contributed by atoms with Crippen LogP contribution in [-0.2, 0) is 16.6 Å². The highest BCUT2D eigenvalue weighted by molar-refractivity contribution is 7.92. The molecular formula is C19H15ClFNO3S. The highest BCUT2D eigenvalue weighted by Crippen LogP contribution is 2.26. The van der Waals surface area contributed by atoms with E-state index in [1.54, 1.807) is 36.4 Å². The zero-order chi connectivity index (χ0) is 18.7. The zero-order valence-corrected chi connectivity index (χ0v) is 15.1. The number of halogens is 2. The molecule has 0 aliphatic heterocycles. The monoisotopic (exact) mass is 391 g/mol. The van der Waals surface area contributed by atoms with Crippen LogP contribution in [0.25, 0.3) is 11.1 Å². The van der Waals surface area contributed by atoms with E-state index in [-0.39, 0.29) is 12.3 Å². The van der Waals surface area contributed by atoms with E-state index in [4.69, 9.17) is 16.7 Å². The summed E-state index contributed by atoms with van der Waals surface area (Å²) >= 11 is 5.84. The number of anilines is 1. The van der Waals surface area contributed by atoms with E-state index in [0.717, 1.165) is 5.56 Å². The van der Waals surface area contributed by atoms with Gasteiger partial charge in [-0.1, -0.05) is 41.9 Å². The summed E-state index contributed by atoms with van der Waals surface area (Å²) in [6.45, 7) is -0.223. The molecule has 0 fully saturated rings. The van der Waals surface area contributed by atoms with E-state index in [0.29, 0.717) is 16.1 Å². The lowest BCUT2D eigenvalue weighted by atomic mass is 10.1. The van der Waals surface area contributed by atoms with Gasteiger partial charge in [0.25, 0.3) is 10.0 Å². The van der Waals surface area contributed by atoms with E-state index in [1.165, 1.54) is 30.3 Å². The molecule has 4 nitrogen and oxygen atoms in total. The average molecular weight is 392 g/mol. The van der Waals surface area contributed by atoms with Gasteiger partial charge in [0, 0.05) is 10.7 Å². The van der Waals surface area contributed by atoms with Crippen LogP contribution in [0.5, 0.6) is 0 Å². The van der Waals surface area contributed by atoms with Crippen molar-refractivity contribution in [1.29, 1.82) is 0 Å². The predicted octanol–water partition coefficient (Wildman–Crippen LogP) is 4.44. The number of hydrogen-bond acceptors (Lipinski definition) is 3. The van der Waals surface area contributed by atoms with Crippen LogP contribution in [0.15, 0.2) is 71.6 Å². The molecule has 0 aromatic heterocycles. The number of nitrogens with one attached hydrogen (secondary N) is 1. The molecule has 0 spiro atoms. The average Bonchev–Trinajstić information content (AvgIpc) is 2.61. The van der Waals surface area contributed by atoms with Crippen molar-refractivity contribution in [3.63, 3.8) is 0 Å². The highest BCUT2D eigenvalue weighted by Gasteiger charge is 2.20. The number of benzene rings is 3. The minimum atomic E-state index is -4.10. The van der Waals surface area contributed by atoms with Crippen LogP contribution in [0.3, 0.4) is 0 Å². The van der Waals surface area contributed by atoms with E-state index in [9.17, 15) is 12.8 Å². The van der Waals surface area contributed by atoms with Crippen molar-refractivity contribution in [3.8, 4) is 11.1 Å². The predicted molar refractivity (Wildman–Crippen MR) is 100 cm³/mol. The van der Waals surface area contributed by atoms with Gasteiger partial charge in [0.2, 0.25) is 0 Å². The van der Waals surface area contributed by atoms with Crippen LogP contribution in [0.1, 0.15) is 5.56 Å². The van der Waals surface area contributed by atoms with Gasteiger partial charge in [0.05, 0.1) is 6.61 Å². The first-order chi connectivity index (χ1) is 12.4. The first-order valence-electron chi connectivity index (χ1n) is 7.67. The van der Waals surface area contributed by atoms with Crippen molar-refractivity contribution in [2.24, 2.45) is 0 Å². The second-order valence-electron chi connectivity index (χ2n) is 5.62. The molecule has 0 heterocycles. The van der Waals surface area contributed by atoms with Crippen LogP contribution in [0.4, 0.5) is 10.1 Å². The SMILES string of the molecule is O=S(=O)(Nc1cccc(CO)c1)c1ccc(-c2ccc(Cl)cc2)cc1F. The number of rotatable bonds is 5. The molecule has 0 saturated carbocycles. The summed E-state index contributed by atoms with van der Waals surface area (Å²) in [5.41, 5.74) is 2.06. The Morgan fingerprint density at radius 3 is 2.31 bits per heavy atom. The summed E-state index contributed by atoms with van der Waals surface area (Å²) in [6.07, 6.45) is 0. The van der Waals surface area contributed by atoms with E-state index in [2.05, 4.69) is 4.72 Å². The molecule has 0 atom stereocenters. The largest absolute Gasteiger partial charge is 0.392 e. The Hall–Kier alpha value is -2.41. The molecule has 3 aromatic carbocycles. The van der Waals surface area contributed by atoms with Crippen LogP contribution >= 0.6 is 11.6 Å². The molecule has 0 radical (unpaired) electrons. The second-order valence-corrected chi connectivity index (χ2v) is 7.70. The van der Waals surface area contributed by atoms with Crippen molar-refractivity contribution in [1.82, 2.24) is 0 Å². The number of aliphatic hydroxyl groups excluding tert-OH is 1. The van der Waals surface area contributed by atoms with Gasteiger partial charge in [0.1, 0.15) is 10.7 Å². The van der Waals surface area contributed by atoms with E-state index in [1.807, 2.05) is 0 Å². The quantitative estimate of drug-likeness (QED) is 0.675. The van der Waals surface area contributed by atoms with Gasteiger partial charge in [-0.15, -0.1) is 0 Å². The van der Waals surface area contributed by atoms with Gasteiger partial charge >= 0.3 is 0 Å². The first-order valence-corrected chi connectivity index (χ1v) is 9.53. The maximum absolute atomic E-state index is 14.5. The Balaban J connectivity index is 1.91. The molecule has 0 aliphatic rings. The maximum atomic E-state index is 14.5. The van der Waals surface area contributed by atoms with Gasteiger partial charge in [-0.05, 0) is 53.1 Å². The van der Waals surface area contributed by atoms with Crippen LogP contribution < -0.4 is 4.72 Å². The molecule has 0 bridgehead atoms. The zero-order valence-electron chi connectivity index (χ0n) is 13.5. The van der Waals surface area contributed by atoms with Gasteiger partial charge in [-0.3, -0.25) is 4.72 Å². The molecule has 0 unspecified atom stereocenters. The minimum absolute atomic E-state index is 0.223. The standard InChI is InChI=1S/C19H15ClFNO3S/c20-16-7-4-14(5-8-16)15-6-9-19(18(21)11-15)26(24,25)22-17-3-1-2-13(10-17)12-23/h1-11,22-23H,12H2. The molecule has 3 aromatic rings. The third-order valence-electron chi connectivity index (χ3n) is 3.76. The van der Waals surface area contributed by atoms with Crippen molar-refractivity contribution >= 4 is 27.3 Å². The fraction of sp³-hybridized carbons (Fsp3) is 0.0526. The van der Waals surface area contributed by atoms with Crippen LogP contribution in [0, 0.1) is 5.82 Å². The summed E-state index contributed by atoms with van der Waals surface area (Å²) in [4.78, 5) is -0.454. The number of hydrogen-bond donors (Lipinski definition) is 2. The summed E-state index contributed by atoms with van der Waals surface area (Å²) in [5, 5.41) is 9.69. The lowest BCUT2D eigenvalue weighted by Crippen LogP contribution is -2.14. The Morgan fingerprint density at radius 2 is 1.65 bits per heavy atom. The lowest BCUT2D eigenvalue weighted by Gasteiger charge is -2.11. The molecular weight excluding hydrogens is 377 g/mol. The summed E-state index contributed by atoms with van der Waals surface area (Å²) in [5.74, 6) is -0.858. The Morgan fingerprint density at radius 1 is 0.962 bits per heavy atom. The second kappa shape index (κ2) is 7.45. The Kier molecular flexibility index (Phi) is 5.27. The smallest absolute Gasteiger partial charge is 0.264 e. The van der Waals surface area contributed by atoms with Gasteiger partial charge < -0.3 is 5.11 Å². The van der Waals surface area contributed by atoms with Crippen molar-refractivity contribution in [3.05, 3.63) is 83.1 Å². The fourth-order valence-corrected chi connectivity index (χ4v) is 3.72. The van der Waals surface area contributed by atoms with Crippen LogP contribution in [0.2, 0.25) is 5.02 Å². The van der Waals surface area contributed by atoms with E-state index < -0.39 is 20.7 Å². The van der Waals surface area contributed by atoms with E-state index >= 15 is 0 Å². The van der Waals surface area contributed by atoms with Gasteiger partial charge in [0.15, 0.2) is 0 Å². The molecule has 7 heteroatoms. The normalized spacial score (nSPS) is 11.3. The fourth-order valence-electron chi connectivity index (χ4n) is 2.48. The molecule has 2 N–H and O–H groups in total. The minimum Gasteiger partial charge on any atom is -0.392 e. The molecule has 0 amide bonds. The lowest BCUT2D eigenvalue weighted by molar-refractivity contribution is 0.282. The third kappa shape index (κ3) is 4.04. The van der Waals surface area contributed by atoms with Crippen molar-refractivity contribution in [2.75, 3.05) is 4.72 Å². The third-order valence-corrected chi connectivity index (χ3v) is 5.43.